The Balaban J connectivity index is 2.81. The number of halogens is 19. The topological polar surface area (TPSA) is 69.7 Å². The summed E-state index contributed by atoms with van der Waals surface area (Å²) in [4.78, 5) is 11.0. The summed E-state index contributed by atoms with van der Waals surface area (Å²) in [5.74, 6) is -58.6. The van der Waals surface area contributed by atoms with Crippen LogP contribution < -0.4 is 0 Å². The summed E-state index contributed by atoms with van der Waals surface area (Å²) >= 11 is 5.31. The number of rotatable bonds is 17. The van der Waals surface area contributed by atoms with Gasteiger partial charge in [-0.3, -0.25) is 0 Å². The molecule has 0 amide bonds. The number of alkyl halides is 19. The molecule has 3 rings (SSSR count). The van der Waals surface area contributed by atoms with Crippen LogP contribution in [0.5, 0.6) is 0 Å². The third-order valence-electron chi connectivity index (χ3n) is 8.01. The molecular formula is C32H23ClF18O5S2. The highest BCUT2D eigenvalue weighted by Gasteiger charge is 3.01. The monoisotopic (exact) mass is 928 g/mol. The average molecular weight is 929 g/mol. The van der Waals surface area contributed by atoms with Crippen LogP contribution in [0.2, 0.25) is 0 Å². The summed E-state index contributed by atoms with van der Waals surface area (Å²) in [5, 5.41) is 0. The Morgan fingerprint density at radius 1 is 0.483 bits per heavy atom. The molecule has 58 heavy (non-hydrogen) atoms. The fourth-order valence-corrected chi connectivity index (χ4v) is 11.3. The number of carbonyl (C=O) groups is 1. The highest BCUT2D eigenvalue weighted by Crippen LogP contribution is 2.73. The van der Waals surface area contributed by atoms with E-state index in [0.717, 1.165) is 91.0 Å². The molecule has 0 bridgehead atoms. The van der Waals surface area contributed by atoms with Crippen molar-refractivity contribution < 1.29 is 101 Å². The van der Waals surface area contributed by atoms with Gasteiger partial charge in [-0.25, -0.2) is 8.42 Å². The Hall–Kier alpha value is -3.58. The third kappa shape index (κ3) is 7.34. The summed E-state index contributed by atoms with van der Waals surface area (Å²) in [6.45, 7) is -1.95. The predicted octanol–water partition coefficient (Wildman–Crippen LogP) is 11.5. The maximum atomic E-state index is 16.5. The molecular weight excluding hydrogens is 906 g/mol. The van der Waals surface area contributed by atoms with Crippen molar-refractivity contribution in [2.75, 3.05) is 12.5 Å². The average Bonchev–Trinajstić information content (AvgIpc) is 3.12. The lowest BCUT2D eigenvalue weighted by atomic mass is 9.81. The maximum Gasteiger partial charge on any atom is 0.460 e. The molecule has 0 heterocycles. The lowest BCUT2D eigenvalue weighted by molar-refractivity contribution is -0.428. The molecule has 0 atom stereocenters. The van der Waals surface area contributed by atoms with Crippen LogP contribution in [-0.4, -0.2) is 79.5 Å². The van der Waals surface area contributed by atoms with Gasteiger partial charge >= 0.3 is 68.7 Å². The Bertz CT molecular complexity index is 1830. The molecule has 0 spiro atoms. The molecule has 3 aromatic carbocycles. The van der Waals surface area contributed by atoms with Crippen LogP contribution in [0.4, 0.5) is 79.0 Å². The van der Waals surface area contributed by atoms with E-state index in [1.807, 2.05) is 0 Å². The van der Waals surface area contributed by atoms with E-state index >= 15 is 35.1 Å². The molecule has 0 radical (unpaired) electrons. The van der Waals surface area contributed by atoms with Crippen molar-refractivity contribution in [3.63, 3.8) is 0 Å². The number of carbonyl (C=O) groups excluding carboxylic acids is 1. The summed E-state index contributed by atoms with van der Waals surface area (Å²) in [6, 6.07) is 13.2. The van der Waals surface area contributed by atoms with Crippen LogP contribution in [-0.2, 0) is 23.3 Å². The summed E-state index contributed by atoms with van der Waals surface area (Å²) in [5.41, 5.74) is 0. The van der Waals surface area contributed by atoms with Crippen molar-refractivity contribution in [1.82, 2.24) is 0 Å². The first-order valence-electron chi connectivity index (χ1n) is 15.3. The minimum absolute atomic E-state index is 0.584. The second-order valence-corrected chi connectivity index (χ2v) is 16.6. The standard InChI is InChI=1S/C32H23ClF18O5S2/c33-18-10-11-19-55-23(52)24(25(34,35)27(38,39)29(42,43)31(46,47)48,26(36,37)28(40,41)30(44,45)32(49,50)51)58(53,54)56-57(20-12-4-1-5-13-20,21-14-6-2-7-15-21)22-16-8-3-9-17-22/h1-9,12-17H,10-11,18-19H2. The van der Waals surface area contributed by atoms with Crippen molar-refractivity contribution in [2.24, 2.45) is 0 Å². The normalized spacial score (nSPS) is 14.9. The lowest BCUT2D eigenvalue weighted by Gasteiger charge is -2.49. The van der Waals surface area contributed by atoms with Crippen molar-refractivity contribution in [1.29, 1.82) is 0 Å². The summed E-state index contributed by atoms with van der Waals surface area (Å²) in [7, 11) is -14.0. The van der Waals surface area contributed by atoms with Gasteiger partial charge in [0.25, 0.3) is 0 Å². The predicted molar refractivity (Wildman–Crippen MR) is 167 cm³/mol. The summed E-state index contributed by atoms with van der Waals surface area (Å²) < 4.78 is 295. The number of hydrogen-bond donors (Lipinski definition) is 0. The van der Waals surface area contributed by atoms with E-state index in [1.165, 1.54) is 0 Å². The van der Waals surface area contributed by atoms with Gasteiger partial charge in [0.05, 0.1) is 6.61 Å². The van der Waals surface area contributed by atoms with E-state index in [0.29, 0.717) is 0 Å². The van der Waals surface area contributed by atoms with Crippen molar-refractivity contribution in [2.45, 2.75) is 80.2 Å². The molecule has 0 aliphatic rings. The maximum absolute atomic E-state index is 16.5. The van der Waals surface area contributed by atoms with Crippen LogP contribution in [0.15, 0.2) is 106 Å². The Kier molecular flexibility index (Phi) is 13.6. The van der Waals surface area contributed by atoms with Gasteiger partial charge in [-0.2, -0.15) is 87.4 Å². The highest BCUT2D eigenvalue weighted by atomic mass is 35.5. The Morgan fingerprint density at radius 2 is 0.793 bits per heavy atom. The first-order chi connectivity index (χ1) is 26.3. The van der Waals surface area contributed by atoms with Gasteiger partial charge in [0, 0.05) is 20.6 Å². The van der Waals surface area contributed by atoms with Crippen LogP contribution >= 0.6 is 21.9 Å². The zero-order valence-corrected chi connectivity index (χ0v) is 30.4. The van der Waals surface area contributed by atoms with Crippen molar-refractivity contribution >= 4 is 38.0 Å². The molecule has 0 fully saturated rings. The van der Waals surface area contributed by atoms with Crippen LogP contribution in [0, 0.1) is 0 Å². The molecule has 0 unspecified atom stereocenters. The second-order valence-electron chi connectivity index (χ2n) is 11.7. The molecule has 0 aromatic heterocycles. The van der Waals surface area contributed by atoms with Crippen molar-refractivity contribution in [3.8, 4) is 0 Å². The number of unbranched alkanes of at least 4 members (excludes halogenated alkanes) is 1. The van der Waals surface area contributed by atoms with E-state index in [-0.39, 0.29) is 0 Å². The molecule has 0 aliphatic heterocycles. The molecule has 0 saturated carbocycles. The van der Waals surface area contributed by atoms with E-state index in [2.05, 4.69) is 4.74 Å². The van der Waals surface area contributed by atoms with Gasteiger partial charge in [0.1, 0.15) is 0 Å². The van der Waals surface area contributed by atoms with Gasteiger partial charge < -0.3 is 4.74 Å². The fraction of sp³-hybridized carbons (Fsp3) is 0.406. The molecule has 0 N–H and O–H groups in total. The van der Waals surface area contributed by atoms with Crippen LogP contribution in [0.3, 0.4) is 0 Å². The fourth-order valence-electron chi connectivity index (χ4n) is 5.07. The van der Waals surface area contributed by atoms with E-state index in [1.54, 1.807) is 0 Å². The molecule has 326 valence electrons. The van der Waals surface area contributed by atoms with Crippen LogP contribution in [0.25, 0.3) is 0 Å². The number of benzene rings is 3. The zero-order chi connectivity index (χ0) is 44.7. The highest BCUT2D eigenvalue weighted by molar-refractivity contribution is 8.33. The van der Waals surface area contributed by atoms with Gasteiger partial charge in [-0.05, 0) is 59.5 Å². The minimum atomic E-state index is -9.09. The number of esters is 1. The van der Waals surface area contributed by atoms with E-state index < -0.39 is 119 Å². The van der Waals surface area contributed by atoms with Gasteiger partial charge in [0.15, 0.2) is 0 Å². The first-order valence-corrected chi connectivity index (χ1v) is 18.8. The minimum Gasteiger partial charge on any atom is -0.464 e. The second kappa shape index (κ2) is 16.1. The SMILES string of the molecule is O=C(OCCCCCl)C(C(F)(F)C(F)(F)C(F)(F)C(F)(F)F)(C(F)(F)C(F)(F)C(F)(F)C(F)(F)F)S(=O)(=O)OS(c1ccccc1)(c1ccccc1)c1ccccc1. The molecule has 5 nitrogen and oxygen atoms in total. The third-order valence-corrected chi connectivity index (χ3v) is 14.1. The van der Waals surface area contributed by atoms with Gasteiger partial charge in [-0.15, -0.1) is 11.6 Å². The van der Waals surface area contributed by atoms with E-state index in [4.69, 9.17) is 15.2 Å². The molecule has 0 aliphatic carbocycles. The largest absolute Gasteiger partial charge is 0.464 e. The van der Waals surface area contributed by atoms with Crippen molar-refractivity contribution in [3.05, 3.63) is 91.0 Å². The smallest absolute Gasteiger partial charge is 0.460 e. The zero-order valence-electron chi connectivity index (χ0n) is 28.0. The Labute approximate surface area is 321 Å². The number of ether oxygens (including phenoxy) is 1. The lowest BCUT2D eigenvalue weighted by Crippen LogP contribution is -2.83. The number of hydrogen-bond acceptors (Lipinski definition) is 5. The molecule has 3 aromatic rings. The van der Waals surface area contributed by atoms with Gasteiger partial charge in [0.2, 0.25) is 0 Å². The molecule has 0 saturated heterocycles. The Morgan fingerprint density at radius 3 is 1.07 bits per heavy atom. The first kappa shape index (κ1) is 48.8. The van der Waals surface area contributed by atoms with Gasteiger partial charge in [-0.1, -0.05) is 54.6 Å². The summed E-state index contributed by atoms with van der Waals surface area (Å²) in [6.07, 6.45) is -17.9. The van der Waals surface area contributed by atoms with Crippen LogP contribution in [0.1, 0.15) is 12.8 Å². The quantitative estimate of drug-likeness (QED) is 0.0584. The van der Waals surface area contributed by atoms with E-state index in [9.17, 15) is 57.1 Å². The molecule has 26 heteroatoms.